The Balaban J connectivity index is 2.08. The molecule has 0 spiro atoms. The second-order valence-corrected chi connectivity index (χ2v) is 4.88. The van der Waals surface area contributed by atoms with E-state index >= 15 is 0 Å². The van der Waals surface area contributed by atoms with Crippen molar-refractivity contribution in [2.75, 3.05) is 39.8 Å². The number of carbonyl (C=O) groups excluding carboxylic acids is 1. The molecule has 0 aromatic rings. The molecule has 0 atom stereocenters. The van der Waals surface area contributed by atoms with E-state index in [0.717, 1.165) is 38.6 Å². The predicted octanol–water partition coefficient (Wildman–Crippen LogP) is 0.834. The summed E-state index contributed by atoms with van der Waals surface area (Å²) < 4.78 is 0. The van der Waals surface area contributed by atoms with Gasteiger partial charge in [-0.2, -0.15) is 0 Å². The van der Waals surface area contributed by atoms with Gasteiger partial charge in [0.1, 0.15) is 0 Å². The Morgan fingerprint density at radius 1 is 1.35 bits per heavy atom. The standard InChI is InChI=1S/C13H27N3O/c1-3-15-13(17)7-11-16-9-5-12(6-10-16)4-8-14-2/h12,14H,3-11H2,1-2H3,(H,15,17). The Morgan fingerprint density at radius 3 is 2.65 bits per heavy atom. The fourth-order valence-corrected chi connectivity index (χ4v) is 2.39. The van der Waals surface area contributed by atoms with E-state index in [-0.39, 0.29) is 5.91 Å². The average molecular weight is 241 g/mol. The van der Waals surface area contributed by atoms with Gasteiger partial charge in [-0.15, -0.1) is 0 Å². The van der Waals surface area contributed by atoms with E-state index in [9.17, 15) is 4.79 Å². The number of hydrogen-bond donors (Lipinski definition) is 2. The van der Waals surface area contributed by atoms with Crippen LogP contribution in [0.4, 0.5) is 0 Å². The largest absolute Gasteiger partial charge is 0.356 e. The summed E-state index contributed by atoms with van der Waals surface area (Å²) >= 11 is 0. The third-order valence-electron chi connectivity index (χ3n) is 3.54. The Kier molecular flexibility index (Phi) is 7.21. The summed E-state index contributed by atoms with van der Waals surface area (Å²) in [5, 5.41) is 6.06. The van der Waals surface area contributed by atoms with Gasteiger partial charge in [0.25, 0.3) is 0 Å². The van der Waals surface area contributed by atoms with Crippen molar-refractivity contribution in [3.05, 3.63) is 0 Å². The van der Waals surface area contributed by atoms with E-state index in [1.807, 2.05) is 14.0 Å². The number of rotatable bonds is 7. The van der Waals surface area contributed by atoms with E-state index < -0.39 is 0 Å². The molecule has 1 heterocycles. The highest BCUT2D eigenvalue weighted by Crippen LogP contribution is 2.19. The molecule has 0 aliphatic carbocycles. The molecular weight excluding hydrogens is 214 g/mol. The third-order valence-corrected chi connectivity index (χ3v) is 3.54. The maximum absolute atomic E-state index is 11.3. The van der Waals surface area contributed by atoms with Gasteiger partial charge in [0.2, 0.25) is 5.91 Å². The van der Waals surface area contributed by atoms with Crippen LogP contribution in [0.5, 0.6) is 0 Å². The maximum Gasteiger partial charge on any atom is 0.221 e. The van der Waals surface area contributed by atoms with Gasteiger partial charge < -0.3 is 15.5 Å². The summed E-state index contributed by atoms with van der Waals surface area (Å²) in [6.07, 6.45) is 4.52. The normalized spacial score (nSPS) is 18.2. The molecule has 1 aliphatic heterocycles. The minimum Gasteiger partial charge on any atom is -0.356 e. The fourth-order valence-electron chi connectivity index (χ4n) is 2.39. The zero-order valence-electron chi connectivity index (χ0n) is 11.3. The molecule has 0 radical (unpaired) electrons. The number of piperidine rings is 1. The molecule has 1 aliphatic rings. The van der Waals surface area contributed by atoms with Crippen molar-refractivity contribution in [3.63, 3.8) is 0 Å². The quantitative estimate of drug-likeness (QED) is 0.694. The molecule has 4 heteroatoms. The van der Waals surface area contributed by atoms with E-state index in [1.54, 1.807) is 0 Å². The van der Waals surface area contributed by atoms with Crippen LogP contribution in [0.3, 0.4) is 0 Å². The lowest BCUT2D eigenvalue weighted by Gasteiger charge is -2.31. The van der Waals surface area contributed by atoms with E-state index in [0.29, 0.717) is 6.42 Å². The molecule has 1 rings (SSSR count). The molecule has 1 amide bonds. The number of hydrogen-bond acceptors (Lipinski definition) is 3. The number of nitrogens with one attached hydrogen (secondary N) is 2. The highest BCUT2D eigenvalue weighted by Gasteiger charge is 2.18. The van der Waals surface area contributed by atoms with E-state index in [4.69, 9.17) is 0 Å². The predicted molar refractivity (Wildman–Crippen MR) is 71.0 cm³/mol. The van der Waals surface area contributed by atoms with Crippen LogP contribution in [-0.2, 0) is 4.79 Å². The Hall–Kier alpha value is -0.610. The SMILES string of the molecule is CCNC(=O)CCN1CCC(CCNC)CC1. The lowest BCUT2D eigenvalue weighted by molar-refractivity contribution is -0.121. The lowest BCUT2D eigenvalue weighted by Crippen LogP contribution is -2.37. The van der Waals surface area contributed by atoms with E-state index in [1.165, 1.54) is 19.3 Å². The van der Waals surface area contributed by atoms with Gasteiger partial charge in [0.15, 0.2) is 0 Å². The van der Waals surface area contributed by atoms with Gasteiger partial charge >= 0.3 is 0 Å². The Labute approximate surface area is 105 Å². The molecule has 0 aromatic carbocycles. The van der Waals surface area contributed by atoms with Gasteiger partial charge in [-0.1, -0.05) is 0 Å². The molecular formula is C13H27N3O. The molecule has 2 N–H and O–H groups in total. The third kappa shape index (κ3) is 6.03. The van der Waals surface area contributed by atoms with Crippen LogP contribution in [0.1, 0.15) is 32.6 Å². The summed E-state index contributed by atoms with van der Waals surface area (Å²) in [6.45, 7) is 7.08. The smallest absolute Gasteiger partial charge is 0.221 e. The summed E-state index contributed by atoms with van der Waals surface area (Å²) in [5.74, 6) is 1.06. The van der Waals surface area contributed by atoms with Gasteiger partial charge in [-0.3, -0.25) is 4.79 Å². The molecule has 100 valence electrons. The highest BCUT2D eigenvalue weighted by atomic mass is 16.1. The maximum atomic E-state index is 11.3. The molecule has 1 fully saturated rings. The van der Waals surface area contributed by atoms with Crippen molar-refractivity contribution in [2.24, 2.45) is 5.92 Å². The first-order valence-corrected chi connectivity index (χ1v) is 6.90. The summed E-state index contributed by atoms with van der Waals surface area (Å²) in [7, 11) is 2.02. The number of carbonyl (C=O) groups is 1. The molecule has 17 heavy (non-hydrogen) atoms. The summed E-state index contributed by atoms with van der Waals surface area (Å²) in [5.41, 5.74) is 0. The van der Waals surface area contributed by atoms with E-state index in [2.05, 4.69) is 15.5 Å². The van der Waals surface area contributed by atoms with Crippen LogP contribution in [0.25, 0.3) is 0 Å². The lowest BCUT2D eigenvalue weighted by atomic mass is 9.93. The van der Waals surface area contributed by atoms with Crippen LogP contribution in [0, 0.1) is 5.92 Å². The molecule has 4 nitrogen and oxygen atoms in total. The topological polar surface area (TPSA) is 44.4 Å². The molecule has 0 bridgehead atoms. The molecule has 0 unspecified atom stereocenters. The number of likely N-dealkylation sites (tertiary alicyclic amines) is 1. The number of amides is 1. The first kappa shape index (κ1) is 14.5. The van der Waals surface area contributed by atoms with Crippen LogP contribution >= 0.6 is 0 Å². The molecule has 0 aromatic heterocycles. The van der Waals surface area contributed by atoms with Gasteiger partial charge in [-0.25, -0.2) is 0 Å². The second-order valence-electron chi connectivity index (χ2n) is 4.88. The van der Waals surface area contributed by atoms with Crippen molar-refractivity contribution < 1.29 is 4.79 Å². The second kappa shape index (κ2) is 8.48. The van der Waals surface area contributed by atoms with Crippen LogP contribution < -0.4 is 10.6 Å². The summed E-state index contributed by atoms with van der Waals surface area (Å²) in [4.78, 5) is 13.8. The van der Waals surface area contributed by atoms with Crippen molar-refractivity contribution in [1.29, 1.82) is 0 Å². The first-order valence-electron chi connectivity index (χ1n) is 6.90. The van der Waals surface area contributed by atoms with Gasteiger partial charge in [-0.05, 0) is 58.8 Å². The Morgan fingerprint density at radius 2 is 2.06 bits per heavy atom. The van der Waals surface area contributed by atoms with Crippen molar-refractivity contribution in [3.8, 4) is 0 Å². The minimum atomic E-state index is 0.185. The highest BCUT2D eigenvalue weighted by molar-refractivity contribution is 5.75. The van der Waals surface area contributed by atoms with Crippen molar-refractivity contribution >= 4 is 5.91 Å². The van der Waals surface area contributed by atoms with Crippen LogP contribution in [0.2, 0.25) is 0 Å². The number of nitrogens with zero attached hydrogens (tertiary/aromatic N) is 1. The van der Waals surface area contributed by atoms with Crippen LogP contribution in [0.15, 0.2) is 0 Å². The molecule has 1 saturated heterocycles. The zero-order chi connectivity index (χ0) is 12.5. The van der Waals surface area contributed by atoms with Gasteiger partial charge in [0, 0.05) is 19.5 Å². The zero-order valence-corrected chi connectivity index (χ0v) is 11.3. The first-order chi connectivity index (χ1) is 8.26. The average Bonchev–Trinajstić information content (AvgIpc) is 2.35. The summed E-state index contributed by atoms with van der Waals surface area (Å²) in [6, 6.07) is 0. The molecule has 0 saturated carbocycles. The van der Waals surface area contributed by atoms with Crippen molar-refractivity contribution in [1.82, 2.24) is 15.5 Å². The van der Waals surface area contributed by atoms with Gasteiger partial charge in [0.05, 0.1) is 0 Å². The minimum absolute atomic E-state index is 0.185. The van der Waals surface area contributed by atoms with Crippen LogP contribution in [-0.4, -0.2) is 50.6 Å². The van der Waals surface area contributed by atoms with Crippen molar-refractivity contribution in [2.45, 2.75) is 32.6 Å². The fraction of sp³-hybridized carbons (Fsp3) is 0.923. The Bertz CT molecular complexity index is 213. The monoisotopic (exact) mass is 241 g/mol.